The standard InChI is InChI=1S/C13H14N4OS/c19-13(16-11-6-1-2-7-14-11)17-12-15-8-10(18-12)9-4-3-5-9/h1-2,6-9H,3-5H2,(H2,14,15,16,17,19). The molecule has 1 saturated carbocycles. The van der Waals surface area contributed by atoms with Crippen molar-refractivity contribution < 1.29 is 4.42 Å². The summed E-state index contributed by atoms with van der Waals surface area (Å²) < 4.78 is 5.63. The smallest absolute Gasteiger partial charge is 0.301 e. The van der Waals surface area contributed by atoms with Crippen molar-refractivity contribution in [2.75, 3.05) is 10.6 Å². The van der Waals surface area contributed by atoms with E-state index in [0.717, 1.165) is 5.76 Å². The summed E-state index contributed by atoms with van der Waals surface area (Å²) in [5.74, 6) is 2.15. The fraction of sp³-hybridized carbons (Fsp3) is 0.308. The maximum Gasteiger partial charge on any atom is 0.301 e. The van der Waals surface area contributed by atoms with Crippen LogP contribution in [0.5, 0.6) is 0 Å². The highest BCUT2D eigenvalue weighted by molar-refractivity contribution is 7.80. The predicted molar refractivity (Wildman–Crippen MR) is 77.2 cm³/mol. The molecule has 0 aliphatic heterocycles. The number of oxazole rings is 1. The van der Waals surface area contributed by atoms with Crippen LogP contribution in [0.25, 0.3) is 0 Å². The average Bonchev–Trinajstić information content (AvgIpc) is 2.76. The molecule has 6 heteroatoms. The molecular weight excluding hydrogens is 260 g/mol. The Morgan fingerprint density at radius 2 is 2.16 bits per heavy atom. The van der Waals surface area contributed by atoms with E-state index in [-0.39, 0.29) is 0 Å². The first-order chi connectivity index (χ1) is 9.31. The summed E-state index contributed by atoms with van der Waals surface area (Å²) in [4.78, 5) is 8.30. The van der Waals surface area contributed by atoms with Crippen LogP contribution in [0.4, 0.5) is 11.8 Å². The van der Waals surface area contributed by atoms with Gasteiger partial charge in [0.1, 0.15) is 11.6 Å². The molecule has 2 aromatic heterocycles. The van der Waals surface area contributed by atoms with Crippen molar-refractivity contribution in [2.24, 2.45) is 0 Å². The zero-order valence-electron chi connectivity index (χ0n) is 10.3. The van der Waals surface area contributed by atoms with Crippen LogP contribution in [0.1, 0.15) is 30.9 Å². The molecule has 0 aromatic carbocycles. The van der Waals surface area contributed by atoms with Gasteiger partial charge in [-0.2, -0.15) is 0 Å². The van der Waals surface area contributed by atoms with Crippen molar-refractivity contribution in [3.05, 3.63) is 36.4 Å². The van der Waals surface area contributed by atoms with E-state index in [0.29, 0.717) is 22.9 Å². The Kier molecular flexibility index (Phi) is 3.41. The Morgan fingerprint density at radius 1 is 1.26 bits per heavy atom. The third-order valence-electron chi connectivity index (χ3n) is 3.16. The van der Waals surface area contributed by atoms with Crippen molar-refractivity contribution in [3.8, 4) is 0 Å². The second-order valence-corrected chi connectivity index (χ2v) is 4.90. The lowest BCUT2D eigenvalue weighted by Crippen LogP contribution is -2.19. The minimum absolute atomic E-state index is 0.417. The Bertz CT molecular complexity index is 565. The zero-order chi connectivity index (χ0) is 13.1. The molecule has 0 bridgehead atoms. The fourth-order valence-electron chi connectivity index (χ4n) is 1.91. The molecule has 2 heterocycles. The third kappa shape index (κ3) is 2.90. The minimum Gasteiger partial charge on any atom is -0.428 e. The van der Waals surface area contributed by atoms with Crippen LogP contribution >= 0.6 is 12.2 Å². The second kappa shape index (κ2) is 5.36. The second-order valence-electron chi connectivity index (χ2n) is 4.49. The first kappa shape index (κ1) is 12.1. The summed E-state index contributed by atoms with van der Waals surface area (Å²) in [5.41, 5.74) is 0. The van der Waals surface area contributed by atoms with Gasteiger partial charge >= 0.3 is 6.01 Å². The van der Waals surface area contributed by atoms with Crippen molar-refractivity contribution in [1.82, 2.24) is 9.97 Å². The SMILES string of the molecule is S=C(Nc1ccccn1)Nc1ncc(C2CCC2)o1. The summed E-state index contributed by atoms with van der Waals surface area (Å²) >= 11 is 5.17. The predicted octanol–water partition coefficient (Wildman–Crippen LogP) is 3.15. The van der Waals surface area contributed by atoms with Crippen molar-refractivity contribution >= 4 is 29.2 Å². The average molecular weight is 274 g/mol. The zero-order valence-corrected chi connectivity index (χ0v) is 11.1. The number of thiocarbonyl (C=S) groups is 1. The van der Waals surface area contributed by atoms with Gasteiger partial charge in [0.2, 0.25) is 0 Å². The van der Waals surface area contributed by atoms with Crippen molar-refractivity contribution in [3.63, 3.8) is 0 Å². The van der Waals surface area contributed by atoms with Gasteiger partial charge in [-0.25, -0.2) is 9.97 Å². The van der Waals surface area contributed by atoms with E-state index in [2.05, 4.69) is 20.6 Å². The number of aromatic nitrogens is 2. The maximum absolute atomic E-state index is 5.63. The van der Waals surface area contributed by atoms with E-state index in [1.54, 1.807) is 12.4 Å². The summed E-state index contributed by atoms with van der Waals surface area (Å²) in [5, 5.41) is 6.30. The number of nitrogens with zero attached hydrogens (tertiary/aromatic N) is 2. The molecule has 5 nitrogen and oxygen atoms in total. The minimum atomic E-state index is 0.417. The molecule has 98 valence electrons. The molecule has 0 saturated heterocycles. The van der Waals surface area contributed by atoms with Crippen LogP contribution in [0, 0.1) is 0 Å². The van der Waals surface area contributed by atoms with Gasteiger partial charge in [-0.05, 0) is 37.2 Å². The lowest BCUT2D eigenvalue weighted by molar-refractivity contribution is 0.351. The number of anilines is 2. The van der Waals surface area contributed by atoms with E-state index < -0.39 is 0 Å². The number of nitrogens with one attached hydrogen (secondary N) is 2. The summed E-state index contributed by atoms with van der Waals surface area (Å²) in [6.07, 6.45) is 7.12. The third-order valence-corrected chi connectivity index (χ3v) is 3.36. The highest BCUT2D eigenvalue weighted by Crippen LogP contribution is 2.37. The first-order valence-corrected chi connectivity index (χ1v) is 6.67. The maximum atomic E-state index is 5.63. The Hall–Kier alpha value is -1.95. The number of hydrogen-bond donors (Lipinski definition) is 2. The van der Waals surface area contributed by atoms with E-state index in [9.17, 15) is 0 Å². The van der Waals surface area contributed by atoms with Gasteiger partial charge in [-0.1, -0.05) is 12.5 Å². The Labute approximate surface area is 116 Å². The van der Waals surface area contributed by atoms with Gasteiger partial charge in [-0.15, -0.1) is 0 Å². The summed E-state index contributed by atoms with van der Waals surface area (Å²) in [6.45, 7) is 0. The molecule has 1 aliphatic carbocycles. The molecule has 0 radical (unpaired) electrons. The number of hydrogen-bond acceptors (Lipinski definition) is 4. The van der Waals surface area contributed by atoms with Crippen molar-refractivity contribution in [1.29, 1.82) is 0 Å². The molecule has 2 N–H and O–H groups in total. The molecule has 1 fully saturated rings. The molecule has 19 heavy (non-hydrogen) atoms. The first-order valence-electron chi connectivity index (χ1n) is 6.26. The Balaban J connectivity index is 1.58. The molecule has 0 amide bonds. The van der Waals surface area contributed by atoms with Crippen LogP contribution in [-0.2, 0) is 0 Å². The van der Waals surface area contributed by atoms with E-state index in [1.807, 2.05) is 18.2 Å². The van der Waals surface area contributed by atoms with Gasteiger partial charge in [-0.3, -0.25) is 5.32 Å². The molecular formula is C13H14N4OS. The van der Waals surface area contributed by atoms with Gasteiger partial charge in [0.15, 0.2) is 5.11 Å². The van der Waals surface area contributed by atoms with Crippen molar-refractivity contribution in [2.45, 2.75) is 25.2 Å². The molecule has 2 aromatic rings. The molecule has 3 rings (SSSR count). The van der Waals surface area contributed by atoms with Gasteiger partial charge in [0.25, 0.3) is 0 Å². The molecule has 0 unspecified atom stereocenters. The number of pyridine rings is 1. The van der Waals surface area contributed by atoms with Crippen LogP contribution in [-0.4, -0.2) is 15.1 Å². The van der Waals surface area contributed by atoms with Crippen LogP contribution in [0.3, 0.4) is 0 Å². The quantitative estimate of drug-likeness (QED) is 0.838. The fourth-order valence-corrected chi connectivity index (χ4v) is 2.10. The Morgan fingerprint density at radius 3 is 2.84 bits per heavy atom. The van der Waals surface area contributed by atoms with Gasteiger partial charge in [0, 0.05) is 12.1 Å². The lowest BCUT2D eigenvalue weighted by atomic mass is 9.84. The highest BCUT2D eigenvalue weighted by Gasteiger charge is 2.23. The van der Waals surface area contributed by atoms with Crippen LogP contribution in [0.15, 0.2) is 35.0 Å². The monoisotopic (exact) mass is 274 g/mol. The van der Waals surface area contributed by atoms with E-state index in [4.69, 9.17) is 16.6 Å². The van der Waals surface area contributed by atoms with Gasteiger partial charge in [0.05, 0.1) is 6.20 Å². The number of rotatable bonds is 3. The van der Waals surface area contributed by atoms with Crippen LogP contribution < -0.4 is 10.6 Å². The van der Waals surface area contributed by atoms with E-state index >= 15 is 0 Å². The highest BCUT2D eigenvalue weighted by atomic mass is 32.1. The largest absolute Gasteiger partial charge is 0.428 e. The summed E-state index contributed by atoms with van der Waals surface area (Å²) in [6, 6.07) is 6.00. The molecule has 0 spiro atoms. The molecule has 1 aliphatic rings. The molecule has 0 atom stereocenters. The van der Waals surface area contributed by atoms with E-state index in [1.165, 1.54) is 19.3 Å². The van der Waals surface area contributed by atoms with Crippen LogP contribution in [0.2, 0.25) is 0 Å². The van der Waals surface area contributed by atoms with Gasteiger partial charge < -0.3 is 9.73 Å². The summed E-state index contributed by atoms with van der Waals surface area (Å²) in [7, 11) is 0. The normalized spacial score (nSPS) is 14.7. The topological polar surface area (TPSA) is 63.0 Å². The lowest BCUT2D eigenvalue weighted by Gasteiger charge is -2.22.